The SMILES string of the molecule is O=C(O)C1C=C(c2cc(Cl)cc(Cl)c2)NO1. The molecule has 1 atom stereocenters. The summed E-state index contributed by atoms with van der Waals surface area (Å²) in [5, 5.41) is 9.68. The van der Waals surface area contributed by atoms with E-state index in [2.05, 4.69) is 5.48 Å². The number of nitrogens with one attached hydrogen (secondary N) is 1. The highest BCUT2D eigenvalue weighted by molar-refractivity contribution is 6.34. The summed E-state index contributed by atoms with van der Waals surface area (Å²) < 4.78 is 0. The van der Waals surface area contributed by atoms with Crippen molar-refractivity contribution in [2.75, 3.05) is 0 Å². The summed E-state index contributed by atoms with van der Waals surface area (Å²) in [5.74, 6) is -1.06. The fraction of sp³-hybridized carbons (Fsp3) is 0.100. The largest absolute Gasteiger partial charge is 0.479 e. The van der Waals surface area contributed by atoms with E-state index in [1.54, 1.807) is 18.2 Å². The fourth-order valence-corrected chi connectivity index (χ4v) is 1.86. The van der Waals surface area contributed by atoms with E-state index in [0.717, 1.165) is 0 Å². The molecule has 2 rings (SSSR count). The van der Waals surface area contributed by atoms with E-state index in [1.165, 1.54) is 6.08 Å². The summed E-state index contributed by atoms with van der Waals surface area (Å²) >= 11 is 11.7. The molecule has 0 amide bonds. The summed E-state index contributed by atoms with van der Waals surface area (Å²) in [6, 6.07) is 4.93. The lowest BCUT2D eigenvalue weighted by atomic mass is 10.1. The maximum absolute atomic E-state index is 10.7. The second kappa shape index (κ2) is 4.33. The van der Waals surface area contributed by atoms with Crippen LogP contribution < -0.4 is 5.48 Å². The minimum Gasteiger partial charge on any atom is -0.479 e. The lowest BCUT2D eigenvalue weighted by Crippen LogP contribution is -2.20. The molecule has 0 aliphatic carbocycles. The first-order chi connectivity index (χ1) is 7.56. The van der Waals surface area contributed by atoms with Crippen molar-refractivity contribution in [3.8, 4) is 0 Å². The number of carboxylic acids is 1. The zero-order chi connectivity index (χ0) is 11.7. The number of rotatable bonds is 2. The van der Waals surface area contributed by atoms with Gasteiger partial charge in [0.2, 0.25) is 6.10 Å². The topological polar surface area (TPSA) is 58.6 Å². The Morgan fingerprint density at radius 1 is 1.31 bits per heavy atom. The summed E-state index contributed by atoms with van der Waals surface area (Å²) in [5.41, 5.74) is 3.74. The zero-order valence-corrected chi connectivity index (χ0v) is 9.42. The third kappa shape index (κ3) is 2.29. The molecule has 84 valence electrons. The molecule has 0 spiro atoms. The monoisotopic (exact) mass is 259 g/mol. The van der Waals surface area contributed by atoms with Gasteiger partial charge in [0.25, 0.3) is 0 Å². The van der Waals surface area contributed by atoms with E-state index in [-0.39, 0.29) is 0 Å². The van der Waals surface area contributed by atoms with Crippen molar-refractivity contribution in [1.29, 1.82) is 0 Å². The van der Waals surface area contributed by atoms with Crippen molar-refractivity contribution in [3.63, 3.8) is 0 Å². The Morgan fingerprint density at radius 2 is 1.94 bits per heavy atom. The van der Waals surface area contributed by atoms with Crippen LogP contribution in [0.2, 0.25) is 10.0 Å². The summed E-state index contributed by atoms with van der Waals surface area (Å²) in [6.45, 7) is 0. The Hall–Kier alpha value is -1.23. The van der Waals surface area contributed by atoms with Gasteiger partial charge in [-0.25, -0.2) is 4.79 Å². The first-order valence-corrected chi connectivity index (χ1v) is 5.14. The number of halogens is 2. The molecule has 0 radical (unpaired) electrons. The van der Waals surface area contributed by atoms with Crippen molar-refractivity contribution in [2.45, 2.75) is 6.10 Å². The molecule has 0 bridgehead atoms. The highest BCUT2D eigenvalue weighted by Crippen LogP contribution is 2.25. The van der Waals surface area contributed by atoms with E-state index in [9.17, 15) is 4.79 Å². The predicted molar refractivity (Wildman–Crippen MR) is 60.1 cm³/mol. The average Bonchev–Trinajstić information content (AvgIpc) is 2.64. The van der Waals surface area contributed by atoms with Gasteiger partial charge in [-0.15, -0.1) is 0 Å². The molecule has 1 aromatic rings. The Bertz CT molecular complexity index is 453. The predicted octanol–water partition coefficient (Wildman–Crippen LogP) is 2.32. The minimum absolute atomic E-state index is 0.476. The second-order valence-corrected chi connectivity index (χ2v) is 4.09. The maximum atomic E-state index is 10.7. The van der Waals surface area contributed by atoms with E-state index in [0.29, 0.717) is 21.3 Å². The number of benzene rings is 1. The molecular formula is C10H7Cl2NO3. The molecular weight excluding hydrogens is 253 g/mol. The maximum Gasteiger partial charge on any atom is 0.339 e. The van der Waals surface area contributed by atoms with Gasteiger partial charge in [0.15, 0.2) is 0 Å². The van der Waals surface area contributed by atoms with Crippen LogP contribution in [0, 0.1) is 0 Å². The van der Waals surface area contributed by atoms with Crippen LogP contribution in [0.1, 0.15) is 5.56 Å². The van der Waals surface area contributed by atoms with E-state index >= 15 is 0 Å². The van der Waals surface area contributed by atoms with Crippen LogP contribution in [-0.2, 0) is 9.63 Å². The van der Waals surface area contributed by atoms with Gasteiger partial charge in [-0.1, -0.05) is 23.2 Å². The van der Waals surface area contributed by atoms with Gasteiger partial charge in [-0.05, 0) is 24.3 Å². The standard InChI is InChI=1S/C10H7Cl2NO3/c11-6-1-5(2-7(12)3-6)8-4-9(10(14)15)16-13-8/h1-4,9,13H,(H,14,15). The van der Waals surface area contributed by atoms with Crippen LogP contribution in [0.15, 0.2) is 24.3 Å². The van der Waals surface area contributed by atoms with Gasteiger partial charge < -0.3 is 5.11 Å². The minimum atomic E-state index is -1.06. The van der Waals surface area contributed by atoms with Crippen molar-refractivity contribution >= 4 is 34.9 Å². The molecule has 4 nitrogen and oxygen atoms in total. The highest BCUT2D eigenvalue weighted by atomic mass is 35.5. The van der Waals surface area contributed by atoms with Crippen LogP contribution >= 0.6 is 23.2 Å². The number of aliphatic carboxylic acids is 1. The number of hydrogen-bond donors (Lipinski definition) is 2. The summed E-state index contributed by atoms with van der Waals surface area (Å²) in [7, 11) is 0. The smallest absolute Gasteiger partial charge is 0.339 e. The lowest BCUT2D eigenvalue weighted by Gasteiger charge is -2.04. The summed E-state index contributed by atoms with van der Waals surface area (Å²) in [6.07, 6.45) is 0.456. The average molecular weight is 260 g/mol. The van der Waals surface area contributed by atoms with Gasteiger partial charge in [0, 0.05) is 15.6 Å². The third-order valence-electron chi connectivity index (χ3n) is 2.03. The molecule has 0 saturated heterocycles. The lowest BCUT2D eigenvalue weighted by molar-refractivity contribution is -0.148. The molecule has 1 unspecified atom stereocenters. The fourth-order valence-electron chi connectivity index (χ4n) is 1.33. The molecule has 6 heteroatoms. The second-order valence-electron chi connectivity index (χ2n) is 3.22. The Labute approximate surface area is 101 Å². The van der Waals surface area contributed by atoms with Gasteiger partial charge in [0.1, 0.15) is 0 Å². The van der Waals surface area contributed by atoms with Crippen molar-refractivity contribution in [1.82, 2.24) is 5.48 Å². The molecule has 0 saturated carbocycles. The molecule has 2 N–H and O–H groups in total. The van der Waals surface area contributed by atoms with Gasteiger partial charge in [0.05, 0.1) is 5.70 Å². The molecule has 0 aromatic heterocycles. The van der Waals surface area contributed by atoms with Crippen LogP contribution in [0.3, 0.4) is 0 Å². The molecule has 0 fully saturated rings. The van der Waals surface area contributed by atoms with Gasteiger partial charge >= 0.3 is 5.97 Å². The van der Waals surface area contributed by atoms with Crippen LogP contribution in [0.25, 0.3) is 5.70 Å². The Balaban J connectivity index is 2.32. The summed E-state index contributed by atoms with van der Waals surface area (Å²) in [4.78, 5) is 15.5. The Morgan fingerprint density at radius 3 is 2.44 bits per heavy atom. The van der Waals surface area contributed by atoms with Crippen LogP contribution in [0.4, 0.5) is 0 Å². The van der Waals surface area contributed by atoms with Gasteiger partial charge in [-0.3, -0.25) is 10.3 Å². The molecule has 1 aromatic carbocycles. The number of hydroxylamine groups is 1. The van der Waals surface area contributed by atoms with E-state index in [4.69, 9.17) is 33.1 Å². The first-order valence-electron chi connectivity index (χ1n) is 4.39. The van der Waals surface area contributed by atoms with E-state index in [1.807, 2.05) is 0 Å². The van der Waals surface area contributed by atoms with Crippen LogP contribution in [-0.4, -0.2) is 17.2 Å². The highest BCUT2D eigenvalue weighted by Gasteiger charge is 2.23. The van der Waals surface area contributed by atoms with Crippen molar-refractivity contribution in [3.05, 3.63) is 39.9 Å². The number of hydrogen-bond acceptors (Lipinski definition) is 3. The number of carbonyl (C=O) groups is 1. The third-order valence-corrected chi connectivity index (χ3v) is 2.47. The van der Waals surface area contributed by atoms with Gasteiger partial charge in [-0.2, -0.15) is 0 Å². The normalized spacial score (nSPS) is 19.1. The van der Waals surface area contributed by atoms with Crippen LogP contribution in [0.5, 0.6) is 0 Å². The van der Waals surface area contributed by atoms with Crippen molar-refractivity contribution in [2.24, 2.45) is 0 Å². The quantitative estimate of drug-likeness (QED) is 0.856. The van der Waals surface area contributed by atoms with Crippen molar-refractivity contribution < 1.29 is 14.7 Å². The first kappa shape index (κ1) is 11.3. The molecule has 1 heterocycles. The molecule has 1 aliphatic rings. The molecule has 1 aliphatic heterocycles. The molecule has 16 heavy (non-hydrogen) atoms. The number of carboxylic acid groups (broad SMARTS) is 1. The Kier molecular flexibility index (Phi) is 3.05. The zero-order valence-electron chi connectivity index (χ0n) is 7.91. The van der Waals surface area contributed by atoms with E-state index < -0.39 is 12.1 Å².